The second-order valence-electron chi connectivity index (χ2n) is 4.26. The molecule has 0 radical (unpaired) electrons. The van der Waals surface area contributed by atoms with Gasteiger partial charge in [0.2, 0.25) is 0 Å². The molecule has 0 fully saturated rings. The monoisotopic (exact) mass is 235 g/mol. The van der Waals surface area contributed by atoms with Crippen LogP contribution in [0.1, 0.15) is 5.56 Å². The molecule has 0 aliphatic carbocycles. The zero-order valence-corrected chi connectivity index (χ0v) is 10.1. The van der Waals surface area contributed by atoms with E-state index < -0.39 is 0 Å². The van der Waals surface area contributed by atoms with Gasteiger partial charge in [-0.1, -0.05) is 36.4 Å². The molecule has 3 nitrogen and oxygen atoms in total. The lowest BCUT2D eigenvalue weighted by atomic mass is 10.1. The number of aromatic nitrogens is 2. The van der Waals surface area contributed by atoms with Gasteiger partial charge in [0.25, 0.3) is 0 Å². The number of hydrogen-bond acceptors (Lipinski definition) is 3. The van der Waals surface area contributed by atoms with Crippen LogP contribution in [0.5, 0.6) is 0 Å². The van der Waals surface area contributed by atoms with Gasteiger partial charge in [-0.15, -0.1) is 0 Å². The highest BCUT2D eigenvalue weighted by molar-refractivity contribution is 5.89. The molecule has 0 atom stereocenters. The van der Waals surface area contributed by atoms with Gasteiger partial charge in [-0.3, -0.25) is 0 Å². The lowest BCUT2D eigenvalue weighted by molar-refractivity contribution is 1.22. The van der Waals surface area contributed by atoms with Crippen LogP contribution in [0.3, 0.4) is 0 Å². The second-order valence-corrected chi connectivity index (χ2v) is 4.26. The highest BCUT2D eigenvalue weighted by atomic mass is 14.9. The van der Waals surface area contributed by atoms with Crippen LogP contribution < -0.4 is 5.73 Å². The molecule has 2 N–H and O–H groups in total. The number of benzene rings is 2. The minimum Gasteiger partial charge on any atom is -0.383 e. The summed E-state index contributed by atoms with van der Waals surface area (Å²) in [7, 11) is 0. The van der Waals surface area contributed by atoms with Crippen LogP contribution in [0, 0.1) is 6.92 Å². The molecule has 0 saturated heterocycles. The predicted molar refractivity (Wildman–Crippen MR) is 74.1 cm³/mol. The summed E-state index contributed by atoms with van der Waals surface area (Å²) in [4.78, 5) is 8.98. The van der Waals surface area contributed by atoms with Crippen LogP contribution in [-0.4, -0.2) is 9.97 Å². The first kappa shape index (κ1) is 10.7. The number of fused-ring (bicyclic) bond motifs is 1. The van der Waals surface area contributed by atoms with Crippen LogP contribution in [0.2, 0.25) is 0 Å². The zero-order valence-electron chi connectivity index (χ0n) is 10.1. The Balaban J connectivity index is 2.28. The van der Waals surface area contributed by atoms with Gasteiger partial charge in [-0.05, 0) is 24.6 Å². The fourth-order valence-electron chi connectivity index (χ4n) is 2.05. The van der Waals surface area contributed by atoms with Crippen molar-refractivity contribution in [2.24, 2.45) is 0 Å². The van der Waals surface area contributed by atoms with E-state index in [9.17, 15) is 0 Å². The quantitative estimate of drug-likeness (QED) is 0.704. The largest absolute Gasteiger partial charge is 0.383 e. The van der Waals surface area contributed by atoms with Gasteiger partial charge in [0.1, 0.15) is 5.82 Å². The number of nitrogens with two attached hydrogens (primary N) is 1. The Morgan fingerprint density at radius 1 is 0.889 bits per heavy atom. The van der Waals surface area contributed by atoms with E-state index in [1.165, 1.54) is 0 Å². The molecule has 0 aliphatic heterocycles. The Morgan fingerprint density at radius 2 is 1.61 bits per heavy atom. The summed E-state index contributed by atoms with van der Waals surface area (Å²) < 4.78 is 0. The molecule has 88 valence electrons. The fraction of sp³-hybridized carbons (Fsp3) is 0.0667. The molecular formula is C15H13N3. The van der Waals surface area contributed by atoms with Crippen LogP contribution in [0.15, 0.2) is 48.5 Å². The third-order valence-electron chi connectivity index (χ3n) is 3.02. The summed E-state index contributed by atoms with van der Waals surface area (Å²) in [5, 5.41) is 0.898. The predicted octanol–water partition coefficient (Wildman–Crippen LogP) is 3.19. The van der Waals surface area contributed by atoms with E-state index in [1.807, 2.05) is 55.5 Å². The van der Waals surface area contributed by atoms with E-state index in [2.05, 4.69) is 9.97 Å². The number of rotatable bonds is 1. The Morgan fingerprint density at radius 3 is 2.44 bits per heavy atom. The molecule has 1 heterocycles. The molecule has 3 heteroatoms. The second kappa shape index (κ2) is 4.11. The highest BCUT2D eigenvalue weighted by Crippen LogP contribution is 2.24. The summed E-state index contributed by atoms with van der Waals surface area (Å²) >= 11 is 0. The van der Waals surface area contributed by atoms with E-state index in [-0.39, 0.29) is 0 Å². The fourth-order valence-corrected chi connectivity index (χ4v) is 2.05. The standard InChI is InChI=1S/C15H13N3/c1-10-6-2-3-7-11(10)15-17-13-9-5-4-8-12(13)14(16)18-15/h2-9H,1H3,(H2,16,17,18). The van der Waals surface area contributed by atoms with Crippen molar-refractivity contribution in [3.05, 3.63) is 54.1 Å². The molecule has 0 aliphatic rings. The van der Waals surface area contributed by atoms with E-state index in [1.54, 1.807) is 0 Å². The topological polar surface area (TPSA) is 51.8 Å². The Labute approximate surface area is 105 Å². The summed E-state index contributed by atoms with van der Waals surface area (Å²) in [6, 6.07) is 15.8. The maximum absolute atomic E-state index is 5.99. The third kappa shape index (κ3) is 1.70. The SMILES string of the molecule is Cc1ccccc1-c1nc(N)c2ccccc2n1. The van der Waals surface area contributed by atoms with Crippen LogP contribution in [0.25, 0.3) is 22.3 Å². The Kier molecular flexibility index (Phi) is 2.45. The summed E-state index contributed by atoms with van der Waals surface area (Å²) in [5.41, 5.74) is 9.04. The number of anilines is 1. The van der Waals surface area contributed by atoms with Gasteiger partial charge >= 0.3 is 0 Å². The van der Waals surface area contributed by atoms with E-state index in [4.69, 9.17) is 5.73 Å². The molecule has 2 aromatic carbocycles. The molecular weight excluding hydrogens is 222 g/mol. The Hall–Kier alpha value is -2.42. The summed E-state index contributed by atoms with van der Waals surface area (Å²) in [6.45, 7) is 2.05. The average molecular weight is 235 g/mol. The lowest BCUT2D eigenvalue weighted by Gasteiger charge is -2.07. The minimum absolute atomic E-state index is 0.527. The van der Waals surface area contributed by atoms with Crippen LogP contribution in [-0.2, 0) is 0 Å². The molecule has 0 unspecified atom stereocenters. The zero-order chi connectivity index (χ0) is 12.5. The van der Waals surface area contributed by atoms with E-state index in [0.29, 0.717) is 11.6 Å². The van der Waals surface area contributed by atoms with E-state index >= 15 is 0 Å². The minimum atomic E-state index is 0.527. The maximum atomic E-state index is 5.99. The van der Waals surface area contributed by atoms with Gasteiger partial charge in [0.15, 0.2) is 5.82 Å². The third-order valence-corrected chi connectivity index (χ3v) is 3.02. The molecule has 18 heavy (non-hydrogen) atoms. The first-order chi connectivity index (χ1) is 8.75. The van der Waals surface area contributed by atoms with Crippen LogP contribution >= 0.6 is 0 Å². The number of para-hydroxylation sites is 1. The van der Waals surface area contributed by atoms with Crippen molar-refractivity contribution >= 4 is 16.7 Å². The normalized spacial score (nSPS) is 10.7. The summed E-state index contributed by atoms with van der Waals surface area (Å²) in [6.07, 6.45) is 0. The van der Waals surface area contributed by atoms with Gasteiger partial charge in [-0.2, -0.15) is 0 Å². The Bertz CT molecular complexity index is 720. The van der Waals surface area contributed by atoms with Gasteiger partial charge in [0, 0.05) is 10.9 Å². The molecule has 0 saturated carbocycles. The van der Waals surface area contributed by atoms with Crippen molar-refractivity contribution in [2.75, 3.05) is 5.73 Å². The number of nitrogen functional groups attached to an aromatic ring is 1. The van der Waals surface area contributed by atoms with Crippen LogP contribution in [0.4, 0.5) is 5.82 Å². The highest BCUT2D eigenvalue weighted by Gasteiger charge is 2.08. The number of nitrogens with zero attached hydrogens (tertiary/aromatic N) is 2. The molecule has 0 amide bonds. The lowest BCUT2D eigenvalue weighted by Crippen LogP contribution is -1.98. The molecule has 1 aromatic heterocycles. The van der Waals surface area contributed by atoms with E-state index in [0.717, 1.165) is 22.0 Å². The van der Waals surface area contributed by atoms with Gasteiger partial charge in [-0.25, -0.2) is 9.97 Å². The van der Waals surface area contributed by atoms with Crippen molar-refractivity contribution < 1.29 is 0 Å². The maximum Gasteiger partial charge on any atom is 0.162 e. The number of hydrogen-bond donors (Lipinski definition) is 1. The summed E-state index contributed by atoms with van der Waals surface area (Å²) in [5.74, 6) is 1.21. The van der Waals surface area contributed by atoms with Crippen molar-refractivity contribution in [3.63, 3.8) is 0 Å². The molecule has 3 aromatic rings. The smallest absolute Gasteiger partial charge is 0.162 e. The first-order valence-corrected chi connectivity index (χ1v) is 5.84. The van der Waals surface area contributed by atoms with Crippen molar-refractivity contribution in [1.29, 1.82) is 0 Å². The molecule has 3 rings (SSSR count). The van der Waals surface area contributed by atoms with Crippen molar-refractivity contribution in [3.8, 4) is 11.4 Å². The number of aryl methyl sites for hydroxylation is 1. The first-order valence-electron chi connectivity index (χ1n) is 5.84. The van der Waals surface area contributed by atoms with Gasteiger partial charge in [0.05, 0.1) is 5.52 Å². The molecule has 0 bridgehead atoms. The average Bonchev–Trinajstić information content (AvgIpc) is 2.39. The van der Waals surface area contributed by atoms with Crippen molar-refractivity contribution in [2.45, 2.75) is 6.92 Å². The molecule has 0 spiro atoms. The van der Waals surface area contributed by atoms with Gasteiger partial charge < -0.3 is 5.73 Å². The van der Waals surface area contributed by atoms with Crippen molar-refractivity contribution in [1.82, 2.24) is 9.97 Å².